The molecule has 0 unspecified atom stereocenters. The first kappa shape index (κ1) is 23.7. The van der Waals surface area contributed by atoms with E-state index in [-0.39, 0.29) is 23.3 Å². The van der Waals surface area contributed by atoms with Gasteiger partial charge < -0.3 is 19.1 Å². The Kier molecular flexibility index (Phi) is 6.31. The third-order valence-electron chi connectivity index (χ3n) is 5.79. The van der Waals surface area contributed by atoms with Gasteiger partial charge in [0.15, 0.2) is 0 Å². The number of halogens is 3. The Labute approximate surface area is 204 Å². The number of benzene rings is 1. The lowest BCUT2D eigenvalue weighted by Gasteiger charge is -2.33. The van der Waals surface area contributed by atoms with Crippen LogP contribution in [0.25, 0.3) is 23.1 Å². The first-order chi connectivity index (χ1) is 17.2. The number of alkyl halides is 3. The molecular formula is C23H23F3N8O2. The van der Waals surface area contributed by atoms with Crippen molar-refractivity contribution in [2.45, 2.75) is 19.8 Å². The van der Waals surface area contributed by atoms with Gasteiger partial charge in [0.1, 0.15) is 17.4 Å². The predicted molar refractivity (Wildman–Crippen MR) is 123 cm³/mol. The predicted octanol–water partition coefficient (Wildman–Crippen LogP) is 3.40. The minimum atomic E-state index is -4.76. The van der Waals surface area contributed by atoms with Gasteiger partial charge in [-0.05, 0) is 55.9 Å². The van der Waals surface area contributed by atoms with Crippen molar-refractivity contribution in [2.24, 2.45) is 0 Å². The number of hydrogen-bond acceptors (Lipinski definition) is 9. The van der Waals surface area contributed by atoms with Crippen molar-refractivity contribution < 1.29 is 22.4 Å². The van der Waals surface area contributed by atoms with E-state index >= 15 is 0 Å². The van der Waals surface area contributed by atoms with Crippen LogP contribution >= 0.6 is 0 Å². The van der Waals surface area contributed by atoms with Crippen molar-refractivity contribution >= 4 is 5.82 Å². The smallest absolute Gasteiger partial charge is 0.406 e. The van der Waals surface area contributed by atoms with Crippen LogP contribution in [0.4, 0.5) is 19.0 Å². The number of hydrogen-bond donors (Lipinski definition) is 0. The summed E-state index contributed by atoms with van der Waals surface area (Å²) in [6.07, 6.45) is -2.96. The molecule has 0 bridgehead atoms. The molecule has 36 heavy (non-hydrogen) atoms. The Morgan fingerprint density at radius 2 is 1.75 bits per heavy atom. The van der Waals surface area contributed by atoms with Gasteiger partial charge in [0.05, 0.1) is 6.54 Å². The summed E-state index contributed by atoms with van der Waals surface area (Å²) in [6, 6.07) is 9.19. The quantitative estimate of drug-likeness (QED) is 0.395. The molecule has 0 spiro atoms. The summed E-state index contributed by atoms with van der Waals surface area (Å²) in [6.45, 7) is 6.16. The number of aryl methyl sites for hydroxylation is 1. The Balaban J connectivity index is 1.29. The molecule has 0 radical (unpaired) electrons. The van der Waals surface area contributed by atoms with Crippen LogP contribution in [-0.4, -0.2) is 74.4 Å². The second kappa shape index (κ2) is 9.57. The molecule has 1 aliphatic rings. The van der Waals surface area contributed by atoms with E-state index in [2.05, 4.69) is 52.9 Å². The second-order valence-electron chi connectivity index (χ2n) is 8.45. The zero-order chi connectivity index (χ0) is 25.3. The van der Waals surface area contributed by atoms with E-state index in [9.17, 15) is 13.2 Å². The number of likely N-dealkylation sites (N-methyl/N-ethyl adjacent to an activating group) is 1. The SMILES string of the molecule is Cc1nc(-c2nc(-c3ccc(OC(F)(F)F)cc3)no2)nn1Cc1ccnc(N2CCN(C)CC2)c1. The van der Waals surface area contributed by atoms with Crippen LogP contribution in [0.5, 0.6) is 5.75 Å². The lowest BCUT2D eigenvalue weighted by atomic mass is 10.2. The van der Waals surface area contributed by atoms with E-state index in [4.69, 9.17) is 4.52 Å². The van der Waals surface area contributed by atoms with E-state index < -0.39 is 6.36 Å². The lowest BCUT2D eigenvalue weighted by Crippen LogP contribution is -2.44. The van der Waals surface area contributed by atoms with Gasteiger partial charge in [0.25, 0.3) is 5.89 Å². The van der Waals surface area contributed by atoms with Crippen molar-refractivity contribution in [2.75, 3.05) is 38.1 Å². The van der Waals surface area contributed by atoms with Gasteiger partial charge in [-0.2, -0.15) is 4.98 Å². The fourth-order valence-corrected chi connectivity index (χ4v) is 3.84. The Hall–Kier alpha value is -4.00. The molecule has 1 saturated heterocycles. The molecule has 0 amide bonds. The number of pyridine rings is 1. The third-order valence-corrected chi connectivity index (χ3v) is 5.79. The summed E-state index contributed by atoms with van der Waals surface area (Å²) in [4.78, 5) is 17.8. The zero-order valence-corrected chi connectivity index (χ0v) is 19.6. The average molecular weight is 500 g/mol. The molecule has 13 heteroatoms. The Morgan fingerprint density at radius 3 is 2.47 bits per heavy atom. The van der Waals surface area contributed by atoms with Gasteiger partial charge in [-0.15, -0.1) is 18.3 Å². The topological polar surface area (TPSA) is 98.2 Å². The molecule has 1 fully saturated rings. The Bertz CT molecular complexity index is 1330. The molecule has 3 aromatic heterocycles. The van der Waals surface area contributed by atoms with Crippen molar-refractivity contribution in [3.8, 4) is 28.9 Å². The summed E-state index contributed by atoms with van der Waals surface area (Å²) < 4.78 is 48.0. The van der Waals surface area contributed by atoms with Crippen LogP contribution in [0.1, 0.15) is 11.4 Å². The van der Waals surface area contributed by atoms with Crippen molar-refractivity contribution in [3.05, 3.63) is 54.0 Å². The van der Waals surface area contributed by atoms with E-state index in [0.29, 0.717) is 17.9 Å². The van der Waals surface area contributed by atoms with Crippen LogP contribution in [-0.2, 0) is 6.54 Å². The largest absolute Gasteiger partial charge is 0.573 e. The standard InChI is InChI=1S/C23H23F3N8O2/c1-15-28-21(22-29-20(31-36-22)17-3-5-18(6-4-17)35-23(24,25)26)30-34(15)14-16-7-8-27-19(13-16)33-11-9-32(2)10-12-33/h3-8,13H,9-12,14H2,1-2H3. The fraction of sp³-hybridized carbons (Fsp3) is 0.348. The van der Waals surface area contributed by atoms with Gasteiger partial charge in [-0.25, -0.2) is 14.6 Å². The summed E-state index contributed by atoms with van der Waals surface area (Å²) in [5.74, 6) is 1.83. The van der Waals surface area contributed by atoms with Crippen molar-refractivity contribution in [3.63, 3.8) is 0 Å². The van der Waals surface area contributed by atoms with E-state index in [1.54, 1.807) is 10.9 Å². The van der Waals surface area contributed by atoms with Gasteiger partial charge in [0.2, 0.25) is 11.6 Å². The van der Waals surface area contributed by atoms with Crippen LogP contribution in [0.3, 0.4) is 0 Å². The molecule has 0 aliphatic carbocycles. The maximum Gasteiger partial charge on any atom is 0.573 e. The van der Waals surface area contributed by atoms with Crippen molar-refractivity contribution in [1.82, 2.24) is 34.8 Å². The van der Waals surface area contributed by atoms with E-state index in [0.717, 1.165) is 37.6 Å². The molecular weight excluding hydrogens is 477 g/mol. The van der Waals surface area contributed by atoms with E-state index in [1.165, 1.54) is 24.3 Å². The minimum Gasteiger partial charge on any atom is -0.406 e. The molecule has 0 N–H and O–H groups in total. The molecule has 5 rings (SSSR count). The van der Waals surface area contributed by atoms with E-state index in [1.807, 2.05) is 13.0 Å². The zero-order valence-electron chi connectivity index (χ0n) is 19.6. The second-order valence-corrected chi connectivity index (χ2v) is 8.45. The fourth-order valence-electron chi connectivity index (χ4n) is 3.84. The maximum atomic E-state index is 12.4. The number of piperazine rings is 1. The number of anilines is 1. The first-order valence-electron chi connectivity index (χ1n) is 11.2. The van der Waals surface area contributed by atoms with Crippen LogP contribution in [0.15, 0.2) is 47.1 Å². The Morgan fingerprint density at radius 1 is 1.00 bits per heavy atom. The number of nitrogens with zero attached hydrogens (tertiary/aromatic N) is 8. The molecule has 188 valence electrons. The van der Waals surface area contributed by atoms with Gasteiger partial charge in [0, 0.05) is 37.9 Å². The van der Waals surface area contributed by atoms with Gasteiger partial charge in [-0.3, -0.25) is 0 Å². The summed E-state index contributed by atoms with van der Waals surface area (Å²) in [7, 11) is 2.11. The van der Waals surface area contributed by atoms with Crippen LogP contribution < -0.4 is 9.64 Å². The summed E-state index contributed by atoms with van der Waals surface area (Å²) in [5.41, 5.74) is 1.50. The molecule has 0 atom stereocenters. The third kappa shape index (κ3) is 5.46. The van der Waals surface area contributed by atoms with Crippen LogP contribution in [0.2, 0.25) is 0 Å². The number of aromatic nitrogens is 6. The van der Waals surface area contributed by atoms with Crippen molar-refractivity contribution in [1.29, 1.82) is 0 Å². The molecule has 4 aromatic rings. The van der Waals surface area contributed by atoms with Gasteiger partial charge >= 0.3 is 6.36 Å². The summed E-state index contributed by atoms with van der Waals surface area (Å²) >= 11 is 0. The number of ether oxygens (including phenoxy) is 1. The molecule has 0 saturated carbocycles. The molecule has 1 aromatic carbocycles. The monoisotopic (exact) mass is 500 g/mol. The molecule has 1 aliphatic heterocycles. The lowest BCUT2D eigenvalue weighted by molar-refractivity contribution is -0.274. The average Bonchev–Trinajstić information content (AvgIpc) is 3.47. The minimum absolute atomic E-state index is 0.107. The molecule has 4 heterocycles. The first-order valence-corrected chi connectivity index (χ1v) is 11.2. The highest BCUT2D eigenvalue weighted by Crippen LogP contribution is 2.26. The highest BCUT2D eigenvalue weighted by atomic mass is 19.4. The number of rotatable bonds is 6. The molecule has 10 nitrogen and oxygen atoms in total. The van der Waals surface area contributed by atoms with Crippen LogP contribution in [0, 0.1) is 6.92 Å². The highest BCUT2D eigenvalue weighted by molar-refractivity contribution is 5.57. The normalized spacial score (nSPS) is 14.9. The summed E-state index contributed by atoms with van der Waals surface area (Å²) in [5, 5.41) is 8.42. The van der Waals surface area contributed by atoms with Gasteiger partial charge in [-0.1, -0.05) is 5.16 Å². The highest BCUT2D eigenvalue weighted by Gasteiger charge is 2.31. The maximum absolute atomic E-state index is 12.4.